The summed E-state index contributed by atoms with van der Waals surface area (Å²) in [6.07, 6.45) is -1.72. The minimum atomic E-state index is -4.50. The van der Waals surface area contributed by atoms with E-state index in [4.69, 9.17) is 4.52 Å². The zero-order valence-electron chi connectivity index (χ0n) is 16.7. The van der Waals surface area contributed by atoms with Gasteiger partial charge in [-0.1, -0.05) is 5.16 Å². The Morgan fingerprint density at radius 1 is 1.10 bits per heavy atom. The second kappa shape index (κ2) is 7.66. The van der Waals surface area contributed by atoms with Crippen LogP contribution in [0.5, 0.6) is 5.75 Å². The molecule has 0 amide bonds. The van der Waals surface area contributed by atoms with Crippen molar-refractivity contribution in [1.82, 2.24) is 10.1 Å². The van der Waals surface area contributed by atoms with Crippen molar-refractivity contribution in [3.63, 3.8) is 0 Å². The summed E-state index contributed by atoms with van der Waals surface area (Å²) in [5, 5.41) is 13.5. The van der Waals surface area contributed by atoms with Crippen molar-refractivity contribution >= 4 is 5.69 Å². The molecule has 0 bridgehead atoms. The van der Waals surface area contributed by atoms with Crippen molar-refractivity contribution in [2.75, 3.05) is 11.4 Å². The maximum absolute atomic E-state index is 13.9. The largest absolute Gasteiger partial charge is 0.508 e. The maximum atomic E-state index is 13.9. The number of phenolic OH excluding ortho intramolecular Hbond substituents is 1. The Morgan fingerprint density at radius 3 is 2.57 bits per heavy atom. The molecular weight excluding hydrogens is 395 g/mol. The minimum Gasteiger partial charge on any atom is -0.508 e. The summed E-state index contributed by atoms with van der Waals surface area (Å²) in [6.45, 7) is 4.29. The van der Waals surface area contributed by atoms with Crippen molar-refractivity contribution in [2.24, 2.45) is 0 Å². The van der Waals surface area contributed by atoms with Crippen LogP contribution in [0.4, 0.5) is 18.9 Å². The third-order valence-electron chi connectivity index (χ3n) is 5.54. The van der Waals surface area contributed by atoms with Gasteiger partial charge in [-0.05, 0) is 75.1 Å². The van der Waals surface area contributed by atoms with Crippen LogP contribution in [0, 0.1) is 6.92 Å². The molecule has 3 aromatic rings. The molecule has 0 saturated carbocycles. The summed E-state index contributed by atoms with van der Waals surface area (Å²) in [4.78, 5) is 6.09. The lowest BCUT2D eigenvalue weighted by Gasteiger charge is -2.37. The number of hydrogen-bond acceptors (Lipinski definition) is 5. The molecule has 5 nitrogen and oxygen atoms in total. The van der Waals surface area contributed by atoms with Crippen molar-refractivity contribution < 1.29 is 22.8 Å². The normalized spacial score (nSPS) is 17.4. The topological polar surface area (TPSA) is 62.4 Å². The standard InChI is InChI=1S/C22H22F3N3O2/c1-13-11-15(7-9-19(13)29)20-26-21(30-27-20)16-6-8-18(17(12-16)22(23,24)25)28-10-4-3-5-14(28)2/h6-9,11-12,14,29H,3-5,10H2,1-2H3. The minimum absolute atomic E-state index is 0.0134. The van der Waals surface area contributed by atoms with Crippen LogP contribution >= 0.6 is 0 Å². The van der Waals surface area contributed by atoms with Crippen LogP contribution in [0.2, 0.25) is 0 Å². The maximum Gasteiger partial charge on any atom is 0.418 e. The van der Waals surface area contributed by atoms with Crippen LogP contribution in [0.15, 0.2) is 40.9 Å². The monoisotopic (exact) mass is 417 g/mol. The average Bonchev–Trinajstić information content (AvgIpc) is 3.20. The molecule has 1 aliphatic heterocycles. The van der Waals surface area contributed by atoms with Gasteiger partial charge in [-0.15, -0.1) is 0 Å². The molecule has 1 N–H and O–H groups in total. The third kappa shape index (κ3) is 3.86. The van der Waals surface area contributed by atoms with Gasteiger partial charge in [0.15, 0.2) is 0 Å². The van der Waals surface area contributed by atoms with Gasteiger partial charge in [0.05, 0.1) is 5.56 Å². The van der Waals surface area contributed by atoms with E-state index >= 15 is 0 Å². The Labute approximate surface area is 172 Å². The van der Waals surface area contributed by atoms with E-state index in [2.05, 4.69) is 10.1 Å². The number of nitrogens with zero attached hydrogens (tertiary/aromatic N) is 3. The van der Waals surface area contributed by atoms with Gasteiger partial charge < -0.3 is 14.5 Å². The SMILES string of the molecule is Cc1cc(-c2noc(-c3ccc(N4CCCCC4C)c(C(F)(F)F)c3)n2)ccc1O. The molecule has 4 rings (SSSR count). The second-order valence-electron chi connectivity index (χ2n) is 7.69. The number of rotatable bonds is 3. The summed E-state index contributed by atoms with van der Waals surface area (Å²) in [5.41, 5.74) is 0.944. The molecule has 1 saturated heterocycles. The van der Waals surface area contributed by atoms with Gasteiger partial charge in [-0.2, -0.15) is 18.2 Å². The molecule has 2 aromatic carbocycles. The number of aromatic nitrogens is 2. The van der Waals surface area contributed by atoms with Gasteiger partial charge in [0.1, 0.15) is 5.75 Å². The molecule has 1 atom stereocenters. The quantitative estimate of drug-likeness (QED) is 0.582. The molecule has 1 unspecified atom stereocenters. The average molecular weight is 417 g/mol. The van der Waals surface area contributed by atoms with Crippen LogP contribution in [-0.2, 0) is 6.18 Å². The molecule has 30 heavy (non-hydrogen) atoms. The van der Waals surface area contributed by atoms with Gasteiger partial charge in [-0.25, -0.2) is 0 Å². The number of hydrogen-bond donors (Lipinski definition) is 1. The number of piperidine rings is 1. The number of phenols is 1. The zero-order valence-corrected chi connectivity index (χ0v) is 16.7. The molecule has 2 heterocycles. The molecule has 1 fully saturated rings. The Balaban J connectivity index is 1.72. The van der Waals surface area contributed by atoms with E-state index < -0.39 is 11.7 Å². The van der Waals surface area contributed by atoms with Gasteiger partial charge in [0.25, 0.3) is 5.89 Å². The van der Waals surface area contributed by atoms with E-state index in [0.717, 1.165) is 25.3 Å². The van der Waals surface area contributed by atoms with Crippen molar-refractivity contribution in [2.45, 2.75) is 45.3 Å². The Morgan fingerprint density at radius 2 is 1.87 bits per heavy atom. The Hall–Kier alpha value is -3.03. The van der Waals surface area contributed by atoms with E-state index in [0.29, 0.717) is 17.7 Å². The molecule has 1 aliphatic rings. The number of aromatic hydroxyl groups is 1. The van der Waals surface area contributed by atoms with E-state index in [1.165, 1.54) is 12.1 Å². The highest BCUT2D eigenvalue weighted by Crippen LogP contribution is 2.41. The van der Waals surface area contributed by atoms with Crippen LogP contribution in [0.1, 0.15) is 37.3 Å². The molecule has 8 heteroatoms. The molecule has 0 spiro atoms. The fourth-order valence-corrected chi connectivity index (χ4v) is 3.86. The lowest BCUT2D eigenvalue weighted by atomic mass is 9.99. The second-order valence-corrected chi connectivity index (χ2v) is 7.69. The Bertz CT molecular complexity index is 1060. The van der Waals surface area contributed by atoms with Gasteiger partial charge >= 0.3 is 6.18 Å². The molecule has 0 radical (unpaired) electrons. The first-order chi connectivity index (χ1) is 14.2. The highest BCUT2D eigenvalue weighted by molar-refractivity contribution is 5.67. The fraction of sp³-hybridized carbons (Fsp3) is 0.364. The highest BCUT2D eigenvalue weighted by atomic mass is 19.4. The smallest absolute Gasteiger partial charge is 0.418 e. The van der Waals surface area contributed by atoms with E-state index in [1.807, 2.05) is 11.8 Å². The van der Waals surface area contributed by atoms with Crippen LogP contribution in [-0.4, -0.2) is 27.8 Å². The first kappa shape index (κ1) is 20.3. The van der Waals surface area contributed by atoms with Gasteiger partial charge in [0.2, 0.25) is 5.82 Å². The summed E-state index contributed by atoms with van der Waals surface area (Å²) in [5.74, 6) is 0.398. The van der Waals surface area contributed by atoms with E-state index in [1.54, 1.807) is 25.1 Å². The van der Waals surface area contributed by atoms with E-state index in [-0.39, 0.29) is 34.8 Å². The van der Waals surface area contributed by atoms with Crippen molar-refractivity contribution in [3.8, 4) is 28.6 Å². The predicted octanol–water partition coefficient (Wildman–Crippen LogP) is 5.82. The fourth-order valence-electron chi connectivity index (χ4n) is 3.86. The molecule has 1 aromatic heterocycles. The molecular formula is C22H22F3N3O2. The van der Waals surface area contributed by atoms with Crippen molar-refractivity contribution in [1.29, 1.82) is 0 Å². The number of anilines is 1. The first-order valence-corrected chi connectivity index (χ1v) is 9.86. The zero-order chi connectivity index (χ0) is 21.5. The van der Waals surface area contributed by atoms with Gasteiger partial charge in [0, 0.05) is 29.4 Å². The lowest BCUT2D eigenvalue weighted by Crippen LogP contribution is -2.38. The van der Waals surface area contributed by atoms with Crippen molar-refractivity contribution in [3.05, 3.63) is 47.5 Å². The number of halogens is 3. The van der Waals surface area contributed by atoms with Crippen LogP contribution < -0.4 is 4.90 Å². The number of benzene rings is 2. The summed E-state index contributed by atoms with van der Waals surface area (Å²) in [7, 11) is 0. The highest BCUT2D eigenvalue weighted by Gasteiger charge is 2.37. The van der Waals surface area contributed by atoms with Crippen LogP contribution in [0.3, 0.4) is 0 Å². The predicted molar refractivity (Wildman–Crippen MR) is 107 cm³/mol. The first-order valence-electron chi connectivity index (χ1n) is 9.86. The molecule has 0 aliphatic carbocycles. The van der Waals surface area contributed by atoms with E-state index in [9.17, 15) is 18.3 Å². The summed E-state index contributed by atoms with van der Waals surface area (Å²) in [6, 6.07) is 9.04. The summed E-state index contributed by atoms with van der Waals surface area (Å²) >= 11 is 0. The lowest BCUT2D eigenvalue weighted by molar-refractivity contribution is -0.137. The number of alkyl halides is 3. The third-order valence-corrected chi connectivity index (χ3v) is 5.54. The van der Waals surface area contributed by atoms with Crippen LogP contribution in [0.25, 0.3) is 22.8 Å². The number of aryl methyl sites for hydroxylation is 1. The summed E-state index contributed by atoms with van der Waals surface area (Å²) < 4.78 is 46.8. The molecule has 158 valence electrons. The van der Waals surface area contributed by atoms with Gasteiger partial charge in [-0.3, -0.25) is 0 Å². The Kier molecular flexibility index (Phi) is 5.17.